The molecule has 0 aliphatic heterocycles. The predicted molar refractivity (Wildman–Crippen MR) is 89.5 cm³/mol. The first kappa shape index (κ1) is 20.1. The van der Waals surface area contributed by atoms with E-state index >= 15 is 0 Å². The molecule has 1 rings (SSSR count). The van der Waals surface area contributed by atoms with Crippen molar-refractivity contribution in [1.29, 1.82) is 0 Å². The summed E-state index contributed by atoms with van der Waals surface area (Å²) in [4.78, 5) is 46.1. The zero-order valence-corrected chi connectivity index (χ0v) is 14.0. The van der Waals surface area contributed by atoms with Crippen LogP contribution in [0, 0.1) is 0 Å². The van der Waals surface area contributed by atoms with E-state index in [0.717, 1.165) is 5.56 Å². The molecular weight excluding hydrogens is 328 g/mol. The lowest BCUT2D eigenvalue weighted by atomic mass is 10.1. The van der Waals surface area contributed by atoms with E-state index in [1.807, 2.05) is 0 Å². The Labute approximate surface area is 145 Å². The number of nitrogens with one attached hydrogen (secondary N) is 3. The maximum absolute atomic E-state index is 12.1. The van der Waals surface area contributed by atoms with Crippen LogP contribution in [-0.2, 0) is 20.9 Å². The Balaban J connectivity index is 2.53. The highest BCUT2D eigenvalue weighted by molar-refractivity contribution is 5.98. The molecule has 0 saturated heterocycles. The number of aliphatic carboxylic acids is 1. The third-order valence-corrected chi connectivity index (χ3v) is 3.36. The van der Waals surface area contributed by atoms with Crippen molar-refractivity contribution in [3.63, 3.8) is 0 Å². The maximum Gasteiger partial charge on any atom is 0.322 e. The van der Waals surface area contributed by atoms with Gasteiger partial charge in [-0.15, -0.1) is 0 Å². The summed E-state index contributed by atoms with van der Waals surface area (Å²) < 4.78 is 0. The summed E-state index contributed by atoms with van der Waals surface area (Å²) in [5.41, 5.74) is 6.74. The van der Waals surface area contributed by atoms with Gasteiger partial charge in [0.15, 0.2) is 0 Å². The summed E-state index contributed by atoms with van der Waals surface area (Å²) in [5, 5.41) is 15.6. The second kappa shape index (κ2) is 9.38. The molecule has 6 N–H and O–H groups in total. The van der Waals surface area contributed by atoms with Crippen LogP contribution in [-0.4, -0.2) is 47.4 Å². The molecule has 0 aliphatic rings. The SMILES string of the molecule is C[C@H](NC(=O)c1ccc(CN)cc1)C(=O)N[C@@H](C)C(=O)NCC(=O)O. The molecule has 9 heteroatoms. The highest BCUT2D eigenvalue weighted by Gasteiger charge is 2.21. The van der Waals surface area contributed by atoms with Gasteiger partial charge in [-0.3, -0.25) is 19.2 Å². The normalized spacial score (nSPS) is 12.6. The Hall–Kier alpha value is -2.94. The molecule has 0 unspecified atom stereocenters. The van der Waals surface area contributed by atoms with Crippen molar-refractivity contribution in [2.24, 2.45) is 5.73 Å². The van der Waals surface area contributed by atoms with Crippen LogP contribution < -0.4 is 21.7 Å². The molecule has 9 nitrogen and oxygen atoms in total. The number of hydrogen-bond acceptors (Lipinski definition) is 5. The van der Waals surface area contributed by atoms with Gasteiger partial charge in [-0.2, -0.15) is 0 Å². The average molecular weight is 350 g/mol. The van der Waals surface area contributed by atoms with Gasteiger partial charge in [0.25, 0.3) is 5.91 Å². The number of rotatable bonds is 8. The van der Waals surface area contributed by atoms with E-state index in [2.05, 4.69) is 16.0 Å². The zero-order chi connectivity index (χ0) is 19.0. The molecule has 3 amide bonds. The Bertz CT molecular complexity index is 644. The summed E-state index contributed by atoms with van der Waals surface area (Å²) >= 11 is 0. The number of carbonyl (C=O) groups excluding carboxylic acids is 3. The van der Waals surface area contributed by atoms with Crippen LogP contribution in [0.5, 0.6) is 0 Å². The number of hydrogen-bond donors (Lipinski definition) is 5. The Morgan fingerprint density at radius 2 is 1.56 bits per heavy atom. The van der Waals surface area contributed by atoms with Crippen LogP contribution in [0.1, 0.15) is 29.8 Å². The summed E-state index contributed by atoms with van der Waals surface area (Å²) in [6, 6.07) is 4.82. The second-order valence-electron chi connectivity index (χ2n) is 5.44. The largest absolute Gasteiger partial charge is 0.480 e. The molecule has 25 heavy (non-hydrogen) atoms. The molecule has 0 saturated carbocycles. The van der Waals surface area contributed by atoms with Gasteiger partial charge in [0, 0.05) is 12.1 Å². The molecule has 2 atom stereocenters. The van der Waals surface area contributed by atoms with Gasteiger partial charge in [-0.25, -0.2) is 0 Å². The van der Waals surface area contributed by atoms with E-state index in [0.29, 0.717) is 12.1 Å². The van der Waals surface area contributed by atoms with E-state index in [1.165, 1.54) is 13.8 Å². The number of carbonyl (C=O) groups is 4. The van der Waals surface area contributed by atoms with Crippen molar-refractivity contribution < 1.29 is 24.3 Å². The molecule has 0 bridgehead atoms. The van der Waals surface area contributed by atoms with Gasteiger partial charge >= 0.3 is 5.97 Å². The van der Waals surface area contributed by atoms with Crippen molar-refractivity contribution in [1.82, 2.24) is 16.0 Å². The van der Waals surface area contributed by atoms with Crippen molar-refractivity contribution >= 4 is 23.7 Å². The molecular formula is C16H22N4O5. The van der Waals surface area contributed by atoms with Crippen LogP contribution in [0.4, 0.5) is 0 Å². The van der Waals surface area contributed by atoms with E-state index in [4.69, 9.17) is 10.8 Å². The minimum Gasteiger partial charge on any atom is -0.480 e. The molecule has 0 heterocycles. The molecule has 0 radical (unpaired) electrons. The van der Waals surface area contributed by atoms with Crippen LogP contribution in [0.25, 0.3) is 0 Å². The quantitative estimate of drug-likeness (QED) is 0.404. The molecule has 0 aromatic heterocycles. The smallest absolute Gasteiger partial charge is 0.322 e. The summed E-state index contributed by atoms with van der Waals surface area (Å²) in [6.07, 6.45) is 0. The molecule has 0 spiro atoms. The maximum atomic E-state index is 12.1. The lowest BCUT2D eigenvalue weighted by Crippen LogP contribution is -2.52. The van der Waals surface area contributed by atoms with E-state index in [-0.39, 0.29) is 0 Å². The second-order valence-corrected chi connectivity index (χ2v) is 5.44. The van der Waals surface area contributed by atoms with Crippen molar-refractivity contribution in [3.8, 4) is 0 Å². The fourth-order valence-corrected chi connectivity index (χ4v) is 1.86. The zero-order valence-electron chi connectivity index (χ0n) is 14.0. The number of amides is 3. The molecule has 1 aromatic carbocycles. The fraction of sp³-hybridized carbons (Fsp3) is 0.375. The lowest BCUT2D eigenvalue weighted by molar-refractivity contribution is -0.138. The van der Waals surface area contributed by atoms with Crippen molar-refractivity contribution in [3.05, 3.63) is 35.4 Å². The van der Waals surface area contributed by atoms with Crippen LogP contribution in [0.2, 0.25) is 0 Å². The topological polar surface area (TPSA) is 151 Å². The Morgan fingerprint density at radius 1 is 1.00 bits per heavy atom. The summed E-state index contributed by atoms with van der Waals surface area (Å²) in [6.45, 7) is 2.71. The van der Waals surface area contributed by atoms with Crippen molar-refractivity contribution in [2.45, 2.75) is 32.5 Å². The van der Waals surface area contributed by atoms with Gasteiger partial charge in [0.1, 0.15) is 18.6 Å². The number of carboxylic acid groups (broad SMARTS) is 1. The third-order valence-electron chi connectivity index (χ3n) is 3.36. The Morgan fingerprint density at radius 3 is 2.08 bits per heavy atom. The van der Waals surface area contributed by atoms with Gasteiger partial charge in [0.05, 0.1) is 0 Å². The van der Waals surface area contributed by atoms with Crippen LogP contribution in [0.15, 0.2) is 24.3 Å². The van der Waals surface area contributed by atoms with Gasteiger partial charge < -0.3 is 26.8 Å². The minimum atomic E-state index is -1.19. The average Bonchev–Trinajstić information content (AvgIpc) is 2.59. The van der Waals surface area contributed by atoms with Gasteiger partial charge in [0.2, 0.25) is 11.8 Å². The van der Waals surface area contributed by atoms with Gasteiger partial charge in [-0.1, -0.05) is 12.1 Å². The molecule has 0 fully saturated rings. The van der Waals surface area contributed by atoms with Crippen molar-refractivity contribution in [2.75, 3.05) is 6.54 Å². The van der Waals surface area contributed by atoms with Crippen LogP contribution >= 0.6 is 0 Å². The summed E-state index contributed by atoms with van der Waals surface area (Å²) in [5.74, 6) is -2.82. The molecule has 136 valence electrons. The Kier molecular flexibility index (Phi) is 7.54. The minimum absolute atomic E-state index is 0.364. The van der Waals surface area contributed by atoms with E-state index in [9.17, 15) is 19.2 Å². The predicted octanol–water partition coefficient (Wildman–Crippen LogP) is -1.03. The number of nitrogens with two attached hydrogens (primary N) is 1. The first-order chi connectivity index (χ1) is 11.7. The third kappa shape index (κ3) is 6.60. The monoisotopic (exact) mass is 350 g/mol. The lowest BCUT2D eigenvalue weighted by Gasteiger charge is -2.18. The summed E-state index contributed by atoms with van der Waals surface area (Å²) in [7, 11) is 0. The highest BCUT2D eigenvalue weighted by atomic mass is 16.4. The van der Waals surface area contributed by atoms with Gasteiger partial charge in [-0.05, 0) is 31.5 Å². The number of benzene rings is 1. The standard InChI is InChI=1S/C16H22N4O5/c1-9(14(23)18-8-13(21)22)19-15(24)10(2)20-16(25)12-5-3-11(7-17)4-6-12/h3-6,9-10H,7-8,17H2,1-2H3,(H,18,23)(H,19,24)(H,20,25)(H,21,22)/t9-,10-/m0/s1. The van der Waals surface area contributed by atoms with Crippen LogP contribution in [0.3, 0.4) is 0 Å². The molecule has 0 aliphatic carbocycles. The first-order valence-electron chi connectivity index (χ1n) is 7.64. The first-order valence-corrected chi connectivity index (χ1v) is 7.64. The molecule has 1 aromatic rings. The fourth-order valence-electron chi connectivity index (χ4n) is 1.86. The van der Waals surface area contributed by atoms with E-state index < -0.39 is 42.3 Å². The number of carboxylic acids is 1. The highest BCUT2D eigenvalue weighted by Crippen LogP contribution is 2.04. The van der Waals surface area contributed by atoms with E-state index in [1.54, 1.807) is 24.3 Å².